The Morgan fingerprint density at radius 3 is 1.08 bits per heavy atom. The molecule has 0 heterocycles. The minimum Gasteiger partial charge on any atom is -0.462 e. The number of allylic oxidation sites excluding steroid dienone is 18. The third-order valence-electron chi connectivity index (χ3n) is 10.5. The van der Waals surface area contributed by atoms with Crippen molar-refractivity contribution < 1.29 is 28.6 Å². The molecule has 0 spiro atoms. The lowest BCUT2D eigenvalue weighted by Gasteiger charge is -2.18. The molecule has 0 aromatic heterocycles. The second-order valence-corrected chi connectivity index (χ2v) is 16.7. The highest BCUT2D eigenvalue weighted by Gasteiger charge is 2.19. The van der Waals surface area contributed by atoms with Crippen LogP contribution in [0.1, 0.15) is 220 Å². The molecule has 0 rings (SSSR count). The molecule has 1 atom stereocenters. The predicted molar refractivity (Wildman–Crippen MR) is 274 cm³/mol. The van der Waals surface area contributed by atoms with Crippen molar-refractivity contribution >= 4 is 17.9 Å². The summed E-state index contributed by atoms with van der Waals surface area (Å²) in [6, 6.07) is 0. The van der Waals surface area contributed by atoms with Crippen LogP contribution in [0.2, 0.25) is 0 Å². The molecule has 64 heavy (non-hydrogen) atoms. The first-order valence-electron chi connectivity index (χ1n) is 25.9. The highest BCUT2D eigenvalue weighted by molar-refractivity contribution is 5.71. The largest absolute Gasteiger partial charge is 0.462 e. The summed E-state index contributed by atoms with van der Waals surface area (Å²) >= 11 is 0. The molecule has 0 fully saturated rings. The SMILES string of the molecule is CC/C=C\C/C=C\C/C=C\C/C=C\C/C=C\C/C=C\CCC(=O)OC[C@H](COC(=O)CCCC/C=C\C/C=C\C/C=C\CCCCC)OC(=O)CCCCCCCCCCCCCC. The fourth-order valence-corrected chi connectivity index (χ4v) is 6.65. The fraction of sp³-hybridized carbons (Fsp3) is 0.638. The molecule has 0 unspecified atom stereocenters. The molecule has 6 nitrogen and oxygen atoms in total. The standard InChI is InChI=1S/C58H94O6/c1-4-7-10-13-16-19-22-25-27-28-29-30-32-34-37-39-42-45-48-51-57(60)63-54-55(64-58(61)52-49-46-43-40-35-24-21-18-15-12-9-6-3)53-62-56(59)50-47-44-41-38-36-33-31-26-23-20-17-14-11-8-5-2/h7,10,16-17,19-20,25-27,29-31,34,36-38,42,45,55H,4-6,8-9,11-15,18,21-24,28,32-33,35,39-41,43-44,46-54H2,1-3H3/b10-7-,19-16-,20-17-,27-25-,30-29-,31-26-,37-34-,38-36-,45-42-/t55-/m0/s1. The van der Waals surface area contributed by atoms with Gasteiger partial charge in [0, 0.05) is 19.3 Å². The van der Waals surface area contributed by atoms with E-state index in [0.29, 0.717) is 19.3 Å². The number of carbonyl (C=O) groups is 3. The van der Waals surface area contributed by atoms with Crippen molar-refractivity contribution in [1.82, 2.24) is 0 Å². The summed E-state index contributed by atoms with van der Waals surface area (Å²) in [5.74, 6) is -1.05. The number of rotatable bonds is 45. The van der Waals surface area contributed by atoms with Crippen molar-refractivity contribution in [2.24, 2.45) is 0 Å². The molecule has 0 aromatic carbocycles. The van der Waals surface area contributed by atoms with E-state index in [1.165, 1.54) is 83.5 Å². The summed E-state index contributed by atoms with van der Waals surface area (Å²) in [5.41, 5.74) is 0. The van der Waals surface area contributed by atoms with Crippen molar-refractivity contribution in [2.45, 2.75) is 226 Å². The minimum absolute atomic E-state index is 0.121. The lowest BCUT2D eigenvalue weighted by molar-refractivity contribution is -0.166. The van der Waals surface area contributed by atoms with Crippen LogP contribution in [0.4, 0.5) is 0 Å². The minimum atomic E-state index is -0.823. The van der Waals surface area contributed by atoms with Crippen molar-refractivity contribution in [2.75, 3.05) is 13.2 Å². The van der Waals surface area contributed by atoms with Gasteiger partial charge in [-0.25, -0.2) is 0 Å². The Bertz CT molecular complexity index is 1340. The van der Waals surface area contributed by atoms with Crippen LogP contribution in [0.3, 0.4) is 0 Å². The summed E-state index contributed by atoms with van der Waals surface area (Å²) in [6.45, 7) is 6.38. The molecule has 0 amide bonds. The zero-order valence-corrected chi connectivity index (χ0v) is 41.3. The van der Waals surface area contributed by atoms with E-state index in [1.807, 2.05) is 12.2 Å². The second kappa shape index (κ2) is 51.7. The van der Waals surface area contributed by atoms with Crippen LogP contribution in [0.15, 0.2) is 109 Å². The molecule has 0 N–H and O–H groups in total. The van der Waals surface area contributed by atoms with Gasteiger partial charge in [0.1, 0.15) is 13.2 Å². The Kier molecular flexibility index (Phi) is 48.5. The van der Waals surface area contributed by atoms with Gasteiger partial charge in [0.25, 0.3) is 0 Å². The van der Waals surface area contributed by atoms with E-state index in [-0.39, 0.29) is 37.5 Å². The first-order chi connectivity index (χ1) is 31.5. The Hall–Kier alpha value is -3.93. The van der Waals surface area contributed by atoms with Crippen molar-refractivity contribution in [1.29, 1.82) is 0 Å². The molecule has 362 valence electrons. The lowest BCUT2D eigenvalue weighted by atomic mass is 10.0. The van der Waals surface area contributed by atoms with Gasteiger partial charge in [0.05, 0.1) is 0 Å². The summed E-state index contributed by atoms with van der Waals surface area (Å²) < 4.78 is 16.7. The van der Waals surface area contributed by atoms with E-state index < -0.39 is 6.10 Å². The maximum Gasteiger partial charge on any atom is 0.306 e. The van der Waals surface area contributed by atoms with Crippen molar-refractivity contribution in [3.05, 3.63) is 109 Å². The maximum atomic E-state index is 12.8. The normalized spacial score (nSPS) is 13.0. The Morgan fingerprint density at radius 2 is 0.641 bits per heavy atom. The summed E-state index contributed by atoms with van der Waals surface area (Å²) in [7, 11) is 0. The van der Waals surface area contributed by atoms with E-state index in [2.05, 4.69) is 118 Å². The Morgan fingerprint density at radius 1 is 0.328 bits per heavy atom. The monoisotopic (exact) mass is 887 g/mol. The van der Waals surface area contributed by atoms with E-state index >= 15 is 0 Å². The van der Waals surface area contributed by atoms with Crippen molar-refractivity contribution in [3.8, 4) is 0 Å². The van der Waals surface area contributed by atoms with E-state index in [0.717, 1.165) is 89.9 Å². The average molecular weight is 887 g/mol. The number of hydrogen-bond acceptors (Lipinski definition) is 6. The molecule has 0 radical (unpaired) electrons. The smallest absolute Gasteiger partial charge is 0.306 e. The van der Waals surface area contributed by atoms with Gasteiger partial charge in [-0.2, -0.15) is 0 Å². The average Bonchev–Trinajstić information content (AvgIpc) is 3.29. The summed E-state index contributed by atoms with van der Waals surface area (Å²) in [4.78, 5) is 37.9. The number of esters is 3. The second-order valence-electron chi connectivity index (χ2n) is 16.7. The van der Waals surface area contributed by atoms with Gasteiger partial charge in [0.2, 0.25) is 0 Å². The number of carbonyl (C=O) groups excluding carboxylic acids is 3. The molecule has 0 bridgehead atoms. The van der Waals surface area contributed by atoms with Gasteiger partial charge in [-0.1, -0.05) is 214 Å². The van der Waals surface area contributed by atoms with Gasteiger partial charge in [0.15, 0.2) is 6.10 Å². The van der Waals surface area contributed by atoms with Crippen LogP contribution in [0.5, 0.6) is 0 Å². The van der Waals surface area contributed by atoms with Crippen LogP contribution < -0.4 is 0 Å². The molecule has 6 heteroatoms. The third-order valence-corrected chi connectivity index (χ3v) is 10.5. The molecule has 0 aliphatic carbocycles. The zero-order chi connectivity index (χ0) is 46.5. The molecular weight excluding hydrogens is 793 g/mol. The third kappa shape index (κ3) is 49.1. The van der Waals surface area contributed by atoms with Crippen LogP contribution >= 0.6 is 0 Å². The van der Waals surface area contributed by atoms with Crippen LogP contribution in [-0.2, 0) is 28.6 Å². The van der Waals surface area contributed by atoms with Gasteiger partial charge < -0.3 is 14.2 Å². The maximum absolute atomic E-state index is 12.8. The molecule has 0 saturated heterocycles. The first-order valence-corrected chi connectivity index (χ1v) is 25.9. The lowest BCUT2D eigenvalue weighted by Crippen LogP contribution is -2.30. The molecule has 0 saturated carbocycles. The number of ether oxygens (including phenoxy) is 3. The fourth-order valence-electron chi connectivity index (χ4n) is 6.65. The number of unbranched alkanes of at least 4 members (excludes halogenated alkanes) is 16. The highest BCUT2D eigenvalue weighted by atomic mass is 16.6. The number of hydrogen-bond donors (Lipinski definition) is 0. The highest BCUT2D eigenvalue weighted by Crippen LogP contribution is 2.14. The van der Waals surface area contributed by atoms with Crippen LogP contribution in [0.25, 0.3) is 0 Å². The van der Waals surface area contributed by atoms with Crippen LogP contribution in [-0.4, -0.2) is 37.2 Å². The molecular formula is C58H94O6. The van der Waals surface area contributed by atoms with Gasteiger partial charge >= 0.3 is 17.9 Å². The van der Waals surface area contributed by atoms with Gasteiger partial charge in [-0.05, 0) is 96.3 Å². The van der Waals surface area contributed by atoms with Gasteiger partial charge in [-0.15, -0.1) is 0 Å². The summed E-state index contributed by atoms with van der Waals surface area (Å²) in [5, 5.41) is 0. The Labute approximate surface area is 393 Å². The topological polar surface area (TPSA) is 78.9 Å². The summed E-state index contributed by atoms with van der Waals surface area (Å²) in [6.07, 6.45) is 69.4. The predicted octanol–water partition coefficient (Wildman–Crippen LogP) is 17.1. The van der Waals surface area contributed by atoms with E-state index in [4.69, 9.17) is 14.2 Å². The quantitative estimate of drug-likeness (QED) is 0.0262. The first kappa shape index (κ1) is 60.1. The molecule has 0 aliphatic heterocycles. The van der Waals surface area contributed by atoms with Crippen LogP contribution in [0, 0.1) is 0 Å². The van der Waals surface area contributed by atoms with E-state index in [9.17, 15) is 14.4 Å². The van der Waals surface area contributed by atoms with E-state index in [1.54, 1.807) is 0 Å². The van der Waals surface area contributed by atoms with Gasteiger partial charge in [-0.3, -0.25) is 14.4 Å². The Balaban J connectivity index is 4.55. The zero-order valence-electron chi connectivity index (χ0n) is 41.3. The van der Waals surface area contributed by atoms with Crippen molar-refractivity contribution in [3.63, 3.8) is 0 Å². The molecule has 0 aliphatic rings. The molecule has 0 aromatic rings.